The highest BCUT2D eigenvalue weighted by Gasteiger charge is 2.13. The lowest BCUT2D eigenvalue weighted by atomic mass is 10.1. The van der Waals surface area contributed by atoms with Crippen molar-refractivity contribution in [1.29, 1.82) is 5.26 Å². The largest absolute Gasteiger partial charge is 0.310 e. The third kappa shape index (κ3) is 3.12. The Balaban J connectivity index is 1.64. The Kier molecular flexibility index (Phi) is 4.07. The second-order valence-electron chi connectivity index (χ2n) is 5.95. The predicted molar refractivity (Wildman–Crippen MR) is 101 cm³/mol. The van der Waals surface area contributed by atoms with Crippen molar-refractivity contribution in [3.05, 3.63) is 76.2 Å². The number of anilines is 1. The molecular weight excluding hydrogens is 342 g/mol. The van der Waals surface area contributed by atoms with E-state index in [1.54, 1.807) is 36.4 Å². The molecule has 0 aliphatic heterocycles. The Bertz CT molecular complexity index is 1290. The van der Waals surface area contributed by atoms with Crippen molar-refractivity contribution in [2.45, 2.75) is 6.42 Å². The molecule has 0 bridgehead atoms. The van der Waals surface area contributed by atoms with E-state index in [1.165, 1.54) is 0 Å². The van der Waals surface area contributed by atoms with E-state index in [0.717, 1.165) is 5.39 Å². The lowest BCUT2D eigenvalue weighted by molar-refractivity contribution is -0.115. The molecule has 2 aromatic carbocycles. The van der Waals surface area contributed by atoms with Crippen molar-refractivity contribution in [1.82, 2.24) is 15.2 Å². The van der Waals surface area contributed by atoms with Crippen molar-refractivity contribution in [2.75, 3.05) is 5.32 Å². The summed E-state index contributed by atoms with van der Waals surface area (Å²) in [5.74, 6) is -0.0460. The van der Waals surface area contributed by atoms with E-state index >= 15 is 0 Å². The van der Waals surface area contributed by atoms with Crippen LogP contribution in [0.5, 0.6) is 0 Å². The number of carbonyl (C=O) groups is 1. The van der Waals surface area contributed by atoms with Gasteiger partial charge in [0.05, 0.1) is 34.7 Å². The van der Waals surface area contributed by atoms with Gasteiger partial charge >= 0.3 is 0 Å². The van der Waals surface area contributed by atoms with Crippen LogP contribution in [0, 0.1) is 11.3 Å². The van der Waals surface area contributed by atoms with Crippen molar-refractivity contribution >= 4 is 33.4 Å². The van der Waals surface area contributed by atoms with Crippen molar-refractivity contribution in [3.8, 4) is 6.07 Å². The summed E-state index contributed by atoms with van der Waals surface area (Å²) in [6, 6.07) is 17.9. The van der Waals surface area contributed by atoms with Gasteiger partial charge in [0.15, 0.2) is 0 Å². The van der Waals surface area contributed by atoms with Crippen molar-refractivity contribution < 1.29 is 4.79 Å². The predicted octanol–water partition coefficient (Wildman–Crippen LogP) is 2.52. The van der Waals surface area contributed by atoms with Crippen LogP contribution in [0.1, 0.15) is 11.3 Å². The summed E-state index contributed by atoms with van der Waals surface area (Å²) in [7, 11) is 0. The zero-order chi connectivity index (χ0) is 18.8. The quantitative estimate of drug-likeness (QED) is 0.586. The number of aromatic amines is 1. The van der Waals surface area contributed by atoms with Gasteiger partial charge in [0.25, 0.3) is 5.56 Å². The lowest BCUT2D eigenvalue weighted by Crippen LogP contribution is -2.19. The van der Waals surface area contributed by atoms with Gasteiger partial charge in [-0.15, -0.1) is 0 Å². The molecule has 0 unspecified atom stereocenters. The van der Waals surface area contributed by atoms with Crippen LogP contribution >= 0.6 is 0 Å². The molecule has 2 aromatic heterocycles. The van der Waals surface area contributed by atoms with Gasteiger partial charge in [-0.05, 0) is 18.2 Å². The fourth-order valence-electron chi connectivity index (χ4n) is 2.98. The number of nitrogens with one attached hydrogen (secondary N) is 2. The molecule has 1 amide bonds. The first-order chi connectivity index (χ1) is 13.2. The van der Waals surface area contributed by atoms with Crippen LogP contribution in [0.3, 0.4) is 0 Å². The van der Waals surface area contributed by atoms with Crippen molar-refractivity contribution in [2.24, 2.45) is 0 Å². The molecular formula is C20H13N5O2. The fraction of sp³-hybridized carbons (Fsp3) is 0.0500. The number of H-pyrrole nitrogens is 1. The molecule has 0 saturated carbocycles. The first-order valence-electron chi connectivity index (χ1n) is 8.22. The zero-order valence-corrected chi connectivity index (χ0v) is 14.1. The molecule has 7 heteroatoms. The summed E-state index contributed by atoms with van der Waals surface area (Å²) in [5, 5.41) is 20.3. The van der Waals surface area contributed by atoms with Crippen LogP contribution in [0.15, 0.2) is 59.4 Å². The standard InChI is InChI=1S/C20H13N5O2/c21-11-12-9-18(22-16-8-4-3-5-13(12)16)23-19(26)10-17-14-6-1-2-7-15(14)20(27)25-24-17/h1-9H,10H2,(H,25,27)(H,22,23,26). The third-order valence-corrected chi connectivity index (χ3v) is 4.21. The van der Waals surface area contributed by atoms with Crippen LogP contribution in [0.25, 0.3) is 21.7 Å². The van der Waals surface area contributed by atoms with Gasteiger partial charge in [-0.3, -0.25) is 9.59 Å². The van der Waals surface area contributed by atoms with E-state index in [4.69, 9.17) is 0 Å². The summed E-state index contributed by atoms with van der Waals surface area (Å²) < 4.78 is 0. The number of para-hydroxylation sites is 1. The maximum Gasteiger partial charge on any atom is 0.272 e. The summed E-state index contributed by atoms with van der Waals surface area (Å²) in [4.78, 5) is 28.7. The van der Waals surface area contributed by atoms with Crippen LogP contribution in [-0.4, -0.2) is 21.1 Å². The number of rotatable bonds is 3. The second-order valence-corrected chi connectivity index (χ2v) is 5.95. The normalized spacial score (nSPS) is 10.6. The molecule has 130 valence electrons. The van der Waals surface area contributed by atoms with Gasteiger partial charge in [0.1, 0.15) is 5.82 Å². The first kappa shape index (κ1) is 16.4. The Morgan fingerprint density at radius 2 is 1.78 bits per heavy atom. The minimum absolute atomic E-state index is 0.0340. The van der Waals surface area contributed by atoms with E-state index in [1.807, 2.05) is 18.2 Å². The van der Waals surface area contributed by atoms with E-state index < -0.39 is 0 Å². The van der Waals surface area contributed by atoms with Crippen LogP contribution in [0.4, 0.5) is 5.82 Å². The molecule has 0 atom stereocenters. The van der Waals surface area contributed by atoms with Gasteiger partial charge in [0.2, 0.25) is 5.91 Å². The molecule has 27 heavy (non-hydrogen) atoms. The topological polar surface area (TPSA) is 112 Å². The highest BCUT2D eigenvalue weighted by molar-refractivity contribution is 5.96. The highest BCUT2D eigenvalue weighted by Crippen LogP contribution is 2.20. The number of nitriles is 1. The number of carbonyl (C=O) groups excluding carboxylic acids is 1. The van der Waals surface area contributed by atoms with Gasteiger partial charge in [0, 0.05) is 10.8 Å². The van der Waals surface area contributed by atoms with Crippen molar-refractivity contribution in [3.63, 3.8) is 0 Å². The van der Waals surface area contributed by atoms with Gasteiger partial charge in [-0.2, -0.15) is 10.4 Å². The van der Waals surface area contributed by atoms with Crippen LogP contribution < -0.4 is 10.9 Å². The lowest BCUT2D eigenvalue weighted by Gasteiger charge is -2.08. The summed E-state index contributed by atoms with van der Waals surface area (Å²) in [6.07, 6.45) is -0.0340. The summed E-state index contributed by atoms with van der Waals surface area (Å²) in [5.41, 5.74) is 1.22. The Labute approximate surface area is 153 Å². The molecule has 4 aromatic rings. The van der Waals surface area contributed by atoms with Crippen LogP contribution in [0.2, 0.25) is 0 Å². The second kappa shape index (κ2) is 6.69. The number of benzene rings is 2. The number of fused-ring (bicyclic) bond motifs is 2. The highest BCUT2D eigenvalue weighted by atomic mass is 16.1. The van der Waals surface area contributed by atoms with E-state index in [2.05, 4.69) is 26.6 Å². The fourth-order valence-corrected chi connectivity index (χ4v) is 2.98. The Morgan fingerprint density at radius 1 is 1.07 bits per heavy atom. The smallest absolute Gasteiger partial charge is 0.272 e. The first-order valence-corrected chi connectivity index (χ1v) is 8.22. The number of aromatic nitrogens is 3. The SMILES string of the molecule is N#Cc1cc(NC(=O)Cc2n[nH]c(=O)c3ccccc23)nc2ccccc12. The Hall–Kier alpha value is -4.05. The summed E-state index contributed by atoms with van der Waals surface area (Å²) in [6.45, 7) is 0. The molecule has 0 saturated heterocycles. The molecule has 4 rings (SSSR count). The molecule has 0 aliphatic rings. The molecule has 2 N–H and O–H groups in total. The number of hydrogen-bond acceptors (Lipinski definition) is 5. The average molecular weight is 355 g/mol. The Morgan fingerprint density at radius 3 is 2.56 bits per heavy atom. The third-order valence-electron chi connectivity index (χ3n) is 4.21. The van der Waals surface area contributed by atoms with Gasteiger partial charge in [-0.1, -0.05) is 36.4 Å². The maximum atomic E-state index is 12.5. The maximum absolute atomic E-state index is 12.5. The van der Waals surface area contributed by atoms with Crippen LogP contribution in [-0.2, 0) is 11.2 Å². The van der Waals surface area contributed by atoms with E-state index in [0.29, 0.717) is 33.4 Å². The molecule has 0 fully saturated rings. The monoisotopic (exact) mass is 355 g/mol. The minimum Gasteiger partial charge on any atom is -0.310 e. The number of nitrogens with zero attached hydrogens (tertiary/aromatic N) is 3. The van der Waals surface area contributed by atoms with E-state index in [9.17, 15) is 14.9 Å². The van der Waals surface area contributed by atoms with Gasteiger partial charge in [-0.25, -0.2) is 10.1 Å². The molecule has 7 nitrogen and oxygen atoms in total. The van der Waals surface area contributed by atoms with E-state index in [-0.39, 0.29) is 17.9 Å². The molecule has 0 aliphatic carbocycles. The molecule has 0 spiro atoms. The minimum atomic E-state index is -0.341. The molecule has 2 heterocycles. The average Bonchev–Trinajstić information content (AvgIpc) is 2.69. The summed E-state index contributed by atoms with van der Waals surface area (Å²) >= 11 is 0. The number of hydrogen-bond donors (Lipinski definition) is 2. The van der Waals surface area contributed by atoms with Gasteiger partial charge < -0.3 is 5.32 Å². The molecule has 0 radical (unpaired) electrons. The zero-order valence-electron chi connectivity index (χ0n) is 14.1. The number of amides is 1. The number of pyridine rings is 1.